The van der Waals surface area contributed by atoms with Crippen molar-refractivity contribution in [1.29, 1.82) is 0 Å². The molecule has 0 aliphatic carbocycles. The average Bonchev–Trinajstić information content (AvgIpc) is 2.90. The molecule has 17 heavy (non-hydrogen) atoms. The predicted octanol–water partition coefficient (Wildman–Crippen LogP) is 2.05. The van der Waals surface area contributed by atoms with Crippen LogP contribution in [-0.4, -0.2) is 33.6 Å². The van der Waals surface area contributed by atoms with Crippen LogP contribution in [0.1, 0.15) is 10.9 Å². The number of hydrogen-bond acceptors (Lipinski definition) is 5. The zero-order chi connectivity index (χ0) is 12.3. The van der Waals surface area contributed by atoms with Crippen molar-refractivity contribution in [2.75, 3.05) is 33.6 Å². The van der Waals surface area contributed by atoms with Crippen LogP contribution in [0, 0.1) is 0 Å². The number of benzene rings is 1. The summed E-state index contributed by atoms with van der Waals surface area (Å²) < 4.78 is 16.0. The van der Waals surface area contributed by atoms with E-state index >= 15 is 0 Å². The van der Waals surface area contributed by atoms with Crippen molar-refractivity contribution in [2.45, 2.75) is 5.37 Å². The molecular weight excluding hydrogens is 238 g/mol. The normalized spacial score (nSPS) is 19.1. The Morgan fingerprint density at radius 2 is 1.76 bits per heavy atom. The molecule has 5 heteroatoms. The lowest BCUT2D eigenvalue weighted by atomic mass is 10.1. The van der Waals surface area contributed by atoms with Crippen molar-refractivity contribution in [3.63, 3.8) is 0 Å². The van der Waals surface area contributed by atoms with Gasteiger partial charge in [0.15, 0.2) is 11.5 Å². The molecule has 0 aromatic heterocycles. The lowest BCUT2D eigenvalue weighted by Gasteiger charge is -2.16. The highest BCUT2D eigenvalue weighted by molar-refractivity contribution is 7.99. The van der Waals surface area contributed by atoms with Gasteiger partial charge < -0.3 is 19.5 Å². The maximum atomic E-state index is 5.34. The smallest absolute Gasteiger partial charge is 0.203 e. The molecule has 0 bridgehead atoms. The van der Waals surface area contributed by atoms with Crippen molar-refractivity contribution in [3.05, 3.63) is 17.7 Å². The third-order valence-corrected chi connectivity index (χ3v) is 3.92. The minimum absolute atomic E-state index is 0.309. The van der Waals surface area contributed by atoms with Gasteiger partial charge in [0.1, 0.15) is 0 Å². The van der Waals surface area contributed by atoms with Crippen molar-refractivity contribution in [3.8, 4) is 17.2 Å². The first kappa shape index (κ1) is 12.4. The molecule has 4 nitrogen and oxygen atoms in total. The molecule has 1 aromatic carbocycles. The fourth-order valence-corrected chi connectivity index (χ4v) is 2.93. The van der Waals surface area contributed by atoms with E-state index in [1.54, 1.807) is 21.3 Å². The van der Waals surface area contributed by atoms with Gasteiger partial charge in [0.25, 0.3) is 0 Å². The minimum atomic E-state index is 0.309. The summed E-state index contributed by atoms with van der Waals surface area (Å²) in [5, 5.41) is 3.73. The van der Waals surface area contributed by atoms with Gasteiger partial charge in [-0.25, -0.2) is 0 Å². The van der Waals surface area contributed by atoms with Crippen LogP contribution in [0.4, 0.5) is 0 Å². The second-order valence-corrected chi connectivity index (χ2v) is 4.88. The van der Waals surface area contributed by atoms with Gasteiger partial charge in [-0.15, -0.1) is 11.8 Å². The molecule has 1 N–H and O–H groups in total. The lowest BCUT2D eigenvalue weighted by molar-refractivity contribution is 0.323. The van der Waals surface area contributed by atoms with Crippen LogP contribution in [0.15, 0.2) is 12.1 Å². The third kappa shape index (κ3) is 2.45. The van der Waals surface area contributed by atoms with Crippen LogP contribution in [0.3, 0.4) is 0 Å². The van der Waals surface area contributed by atoms with E-state index in [1.807, 2.05) is 23.9 Å². The Bertz CT molecular complexity index is 366. The van der Waals surface area contributed by atoms with Crippen LogP contribution in [0.5, 0.6) is 17.2 Å². The number of hydrogen-bond donors (Lipinski definition) is 1. The number of rotatable bonds is 4. The first-order valence-electron chi connectivity index (χ1n) is 5.45. The van der Waals surface area contributed by atoms with Gasteiger partial charge in [0.05, 0.1) is 26.7 Å². The quantitative estimate of drug-likeness (QED) is 0.891. The monoisotopic (exact) mass is 255 g/mol. The molecule has 1 atom stereocenters. The van der Waals surface area contributed by atoms with E-state index in [0.717, 1.165) is 17.9 Å². The fraction of sp³-hybridized carbons (Fsp3) is 0.500. The van der Waals surface area contributed by atoms with Crippen molar-refractivity contribution in [2.24, 2.45) is 0 Å². The van der Waals surface area contributed by atoms with Crippen molar-refractivity contribution >= 4 is 11.8 Å². The summed E-state index contributed by atoms with van der Waals surface area (Å²) in [5.74, 6) is 3.18. The highest BCUT2D eigenvalue weighted by Crippen LogP contribution is 2.42. The topological polar surface area (TPSA) is 39.7 Å². The third-order valence-electron chi connectivity index (χ3n) is 2.71. The van der Waals surface area contributed by atoms with E-state index in [-0.39, 0.29) is 0 Å². The summed E-state index contributed by atoms with van der Waals surface area (Å²) in [5.41, 5.74) is 1.15. The van der Waals surface area contributed by atoms with Gasteiger partial charge in [-0.1, -0.05) is 0 Å². The Kier molecular flexibility index (Phi) is 4.02. The largest absolute Gasteiger partial charge is 0.493 e. The zero-order valence-electron chi connectivity index (χ0n) is 10.3. The van der Waals surface area contributed by atoms with E-state index in [9.17, 15) is 0 Å². The van der Waals surface area contributed by atoms with Crippen LogP contribution < -0.4 is 19.5 Å². The molecule has 0 amide bonds. The van der Waals surface area contributed by atoms with Gasteiger partial charge >= 0.3 is 0 Å². The summed E-state index contributed by atoms with van der Waals surface area (Å²) in [7, 11) is 4.88. The van der Waals surface area contributed by atoms with Gasteiger partial charge in [0, 0.05) is 12.3 Å². The number of methoxy groups -OCH3 is 3. The molecule has 1 heterocycles. The van der Waals surface area contributed by atoms with Crippen molar-refractivity contribution < 1.29 is 14.2 Å². The second kappa shape index (κ2) is 5.51. The predicted molar refractivity (Wildman–Crippen MR) is 69.3 cm³/mol. The van der Waals surface area contributed by atoms with Gasteiger partial charge in [-0.2, -0.15) is 0 Å². The fourth-order valence-electron chi connectivity index (χ4n) is 1.89. The van der Waals surface area contributed by atoms with Crippen LogP contribution in [0.2, 0.25) is 0 Å². The zero-order valence-corrected chi connectivity index (χ0v) is 11.1. The molecule has 1 fully saturated rings. The average molecular weight is 255 g/mol. The molecule has 1 aromatic rings. The standard InChI is InChI=1S/C12H17NO3S/c1-14-9-6-8(12-13-4-5-17-12)7-10(15-2)11(9)16-3/h6-7,12-13H,4-5H2,1-3H3/t12-/m1/s1. The van der Waals surface area contributed by atoms with Crippen molar-refractivity contribution in [1.82, 2.24) is 5.32 Å². The summed E-state index contributed by atoms with van der Waals surface area (Å²) >= 11 is 1.88. The first-order chi connectivity index (χ1) is 8.30. The Labute approximate surface area is 106 Å². The van der Waals surface area contributed by atoms with E-state index < -0.39 is 0 Å². The Balaban J connectivity index is 2.40. The number of nitrogens with one attached hydrogen (secondary N) is 1. The Hall–Kier alpha value is -1.07. The van der Waals surface area contributed by atoms with E-state index in [1.165, 1.54) is 0 Å². The first-order valence-corrected chi connectivity index (χ1v) is 6.50. The molecule has 0 spiro atoms. The van der Waals surface area contributed by atoms with Gasteiger partial charge in [-0.05, 0) is 17.7 Å². The number of thioether (sulfide) groups is 1. The van der Waals surface area contributed by atoms with E-state index in [0.29, 0.717) is 22.6 Å². The minimum Gasteiger partial charge on any atom is -0.493 e. The molecule has 1 saturated heterocycles. The number of ether oxygens (including phenoxy) is 3. The molecule has 1 aliphatic rings. The lowest BCUT2D eigenvalue weighted by Crippen LogP contribution is -2.12. The molecule has 0 saturated carbocycles. The van der Waals surface area contributed by atoms with Crippen LogP contribution in [-0.2, 0) is 0 Å². The van der Waals surface area contributed by atoms with Crippen LogP contribution >= 0.6 is 11.8 Å². The molecule has 2 rings (SSSR count). The highest BCUT2D eigenvalue weighted by atomic mass is 32.2. The Morgan fingerprint density at radius 1 is 1.12 bits per heavy atom. The second-order valence-electron chi connectivity index (χ2n) is 3.66. The Morgan fingerprint density at radius 3 is 2.18 bits per heavy atom. The maximum Gasteiger partial charge on any atom is 0.203 e. The van der Waals surface area contributed by atoms with Gasteiger partial charge in [0.2, 0.25) is 5.75 Å². The molecule has 94 valence electrons. The summed E-state index contributed by atoms with van der Waals surface area (Å²) in [4.78, 5) is 0. The van der Waals surface area contributed by atoms with E-state index in [2.05, 4.69) is 5.32 Å². The highest BCUT2D eigenvalue weighted by Gasteiger charge is 2.21. The maximum absolute atomic E-state index is 5.34. The SMILES string of the molecule is COc1cc([C@@H]2NCCS2)cc(OC)c1OC. The molecular formula is C12H17NO3S. The van der Waals surface area contributed by atoms with Gasteiger partial charge in [-0.3, -0.25) is 0 Å². The summed E-state index contributed by atoms with van der Waals surface area (Å²) in [6.07, 6.45) is 0. The molecule has 1 aliphatic heterocycles. The van der Waals surface area contributed by atoms with Crippen LogP contribution in [0.25, 0.3) is 0 Å². The van der Waals surface area contributed by atoms with E-state index in [4.69, 9.17) is 14.2 Å². The summed E-state index contributed by atoms with van der Waals surface area (Å²) in [6, 6.07) is 3.99. The molecule has 0 unspecified atom stereocenters. The summed E-state index contributed by atoms with van der Waals surface area (Å²) in [6.45, 7) is 1.03. The molecule has 0 radical (unpaired) electrons.